The van der Waals surface area contributed by atoms with Crippen molar-refractivity contribution in [1.82, 2.24) is 4.90 Å². The Balaban J connectivity index is 1.95. The fraction of sp³-hybridized carbons (Fsp3) is 0.579. The Morgan fingerprint density at radius 1 is 1.33 bits per heavy atom. The van der Waals surface area contributed by atoms with E-state index in [1.54, 1.807) is 0 Å². The molecule has 4 rings (SSSR count). The molecule has 1 fully saturated rings. The van der Waals surface area contributed by atoms with Gasteiger partial charge in [-0.15, -0.1) is 0 Å². The molecule has 2 aliphatic heterocycles. The molecule has 2 bridgehead atoms. The van der Waals surface area contributed by atoms with E-state index in [0.29, 0.717) is 23.6 Å². The van der Waals surface area contributed by atoms with Crippen LogP contribution in [-0.2, 0) is 5.41 Å². The summed E-state index contributed by atoms with van der Waals surface area (Å²) in [4.78, 5) is 2.70. The highest BCUT2D eigenvalue weighted by atomic mass is 16.3. The van der Waals surface area contributed by atoms with Crippen molar-refractivity contribution in [3.05, 3.63) is 41.0 Å². The number of fused-ring (bicyclic) bond motifs is 4. The van der Waals surface area contributed by atoms with Gasteiger partial charge in [0.25, 0.3) is 0 Å². The number of phenolic OH excluding ortho intramolecular Hbond substituents is 1. The molecule has 0 spiro atoms. The molecule has 2 heterocycles. The van der Waals surface area contributed by atoms with Crippen molar-refractivity contribution in [2.24, 2.45) is 5.92 Å². The summed E-state index contributed by atoms with van der Waals surface area (Å²) in [5, 5.41) is 10.00. The first-order valence-electron chi connectivity index (χ1n) is 8.24. The van der Waals surface area contributed by atoms with Gasteiger partial charge < -0.3 is 5.11 Å². The van der Waals surface area contributed by atoms with Crippen molar-refractivity contribution in [1.29, 1.82) is 0 Å². The highest BCUT2D eigenvalue weighted by Gasteiger charge is 2.52. The lowest BCUT2D eigenvalue weighted by molar-refractivity contribution is 0.0238. The van der Waals surface area contributed by atoms with E-state index in [2.05, 4.69) is 37.8 Å². The minimum Gasteiger partial charge on any atom is -0.508 e. The Bertz CT molecular complexity index is 620. The lowest BCUT2D eigenvalue weighted by Crippen LogP contribution is -2.59. The third-order valence-corrected chi connectivity index (χ3v) is 6.54. The molecule has 3 aliphatic rings. The third-order valence-electron chi connectivity index (χ3n) is 6.54. The monoisotopic (exact) mass is 283 g/mol. The SMILES string of the molecule is CC1=CCN2CC[C@]3(C)c4cc(O)ccc4[C@@H](C1)[C@@H]2C3C. The zero-order valence-electron chi connectivity index (χ0n) is 13.3. The lowest BCUT2D eigenvalue weighted by Gasteiger charge is -2.57. The maximum atomic E-state index is 10.00. The number of phenols is 1. The number of hydrogen-bond donors (Lipinski definition) is 1. The van der Waals surface area contributed by atoms with Crippen LogP contribution >= 0.6 is 0 Å². The Morgan fingerprint density at radius 3 is 2.95 bits per heavy atom. The molecule has 2 nitrogen and oxygen atoms in total. The molecule has 2 heteroatoms. The van der Waals surface area contributed by atoms with Gasteiger partial charge in [-0.05, 0) is 60.9 Å². The number of piperidine rings is 1. The van der Waals surface area contributed by atoms with Crippen molar-refractivity contribution in [2.45, 2.75) is 51.0 Å². The number of nitrogens with zero attached hydrogens (tertiary/aromatic N) is 1. The molecular weight excluding hydrogens is 258 g/mol. The number of rotatable bonds is 0. The summed E-state index contributed by atoms with van der Waals surface area (Å²) in [6, 6.07) is 6.76. The Morgan fingerprint density at radius 2 is 2.14 bits per heavy atom. The highest BCUT2D eigenvalue weighted by Crippen LogP contribution is 2.55. The van der Waals surface area contributed by atoms with Crippen LogP contribution in [0.2, 0.25) is 0 Å². The quantitative estimate of drug-likeness (QED) is 0.732. The number of hydrogen-bond acceptors (Lipinski definition) is 2. The van der Waals surface area contributed by atoms with E-state index in [1.807, 2.05) is 12.1 Å². The van der Waals surface area contributed by atoms with E-state index in [1.165, 1.54) is 36.1 Å². The largest absolute Gasteiger partial charge is 0.508 e. The zero-order valence-corrected chi connectivity index (χ0v) is 13.3. The van der Waals surface area contributed by atoms with Gasteiger partial charge in [0.1, 0.15) is 5.75 Å². The molecule has 1 aliphatic carbocycles. The van der Waals surface area contributed by atoms with E-state index in [0.717, 1.165) is 6.54 Å². The second kappa shape index (κ2) is 4.36. The average molecular weight is 283 g/mol. The number of aromatic hydroxyl groups is 1. The average Bonchev–Trinajstić information content (AvgIpc) is 2.62. The molecule has 1 N–H and O–H groups in total. The topological polar surface area (TPSA) is 23.5 Å². The van der Waals surface area contributed by atoms with Gasteiger partial charge in [-0.25, -0.2) is 0 Å². The van der Waals surface area contributed by atoms with E-state index in [-0.39, 0.29) is 5.41 Å². The molecule has 1 aromatic rings. The van der Waals surface area contributed by atoms with Crippen molar-refractivity contribution in [3.8, 4) is 5.75 Å². The number of benzene rings is 1. The molecule has 0 radical (unpaired) electrons. The normalized spacial score (nSPS) is 38.4. The maximum Gasteiger partial charge on any atom is 0.115 e. The Labute approximate surface area is 127 Å². The van der Waals surface area contributed by atoms with Crippen molar-refractivity contribution in [3.63, 3.8) is 0 Å². The first-order chi connectivity index (χ1) is 10.0. The molecule has 1 saturated heterocycles. The molecule has 21 heavy (non-hydrogen) atoms. The van der Waals surface area contributed by atoms with Gasteiger partial charge in [0.05, 0.1) is 0 Å². The zero-order chi connectivity index (χ0) is 14.8. The fourth-order valence-electron chi connectivity index (χ4n) is 5.12. The first kappa shape index (κ1) is 13.4. The molecule has 1 aromatic carbocycles. The molecule has 4 atom stereocenters. The summed E-state index contributed by atoms with van der Waals surface area (Å²) in [7, 11) is 0. The minimum absolute atomic E-state index is 0.212. The maximum absolute atomic E-state index is 10.00. The highest BCUT2D eigenvalue weighted by molar-refractivity contribution is 5.47. The Hall–Kier alpha value is -1.28. The van der Waals surface area contributed by atoms with Crippen LogP contribution in [0.25, 0.3) is 0 Å². The molecule has 0 aromatic heterocycles. The van der Waals surface area contributed by atoms with Crippen LogP contribution < -0.4 is 0 Å². The molecule has 0 saturated carbocycles. The van der Waals surface area contributed by atoms with Crippen LogP contribution in [0.1, 0.15) is 50.7 Å². The second-order valence-electron chi connectivity index (χ2n) is 7.57. The van der Waals surface area contributed by atoms with Crippen molar-refractivity contribution >= 4 is 0 Å². The van der Waals surface area contributed by atoms with Crippen LogP contribution in [0.4, 0.5) is 0 Å². The van der Waals surface area contributed by atoms with Crippen LogP contribution in [0.3, 0.4) is 0 Å². The smallest absolute Gasteiger partial charge is 0.115 e. The van der Waals surface area contributed by atoms with Crippen LogP contribution in [0.5, 0.6) is 5.75 Å². The van der Waals surface area contributed by atoms with E-state index in [9.17, 15) is 5.11 Å². The van der Waals surface area contributed by atoms with Crippen molar-refractivity contribution in [2.75, 3.05) is 13.1 Å². The minimum atomic E-state index is 0.212. The van der Waals surface area contributed by atoms with Crippen LogP contribution in [-0.4, -0.2) is 29.1 Å². The van der Waals surface area contributed by atoms with E-state index >= 15 is 0 Å². The second-order valence-corrected chi connectivity index (χ2v) is 7.57. The lowest BCUT2D eigenvalue weighted by atomic mass is 9.55. The molecular formula is C19H25NO. The standard InChI is InChI=1S/C19H25NO/c1-12-6-8-20-9-7-19(3)13(2)18(20)16(10-12)15-5-4-14(21)11-17(15)19/h4-6,11,13,16,18,21H,7-10H2,1-3H3/t13?,16-,18+,19+/m1/s1. The summed E-state index contributed by atoms with van der Waals surface area (Å²) >= 11 is 0. The third kappa shape index (κ3) is 1.75. The van der Waals surface area contributed by atoms with E-state index in [4.69, 9.17) is 0 Å². The van der Waals surface area contributed by atoms with Gasteiger partial charge in [0.15, 0.2) is 0 Å². The van der Waals surface area contributed by atoms with Gasteiger partial charge in [0.2, 0.25) is 0 Å². The molecule has 1 unspecified atom stereocenters. The predicted octanol–water partition coefficient (Wildman–Crippen LogP) is 3.81. The van der Waals surface area contributed by atoms with Crippen LogP contribution in [0, 0.1) is 5.92 Å². The van der Waals surface area contributed by atoms with Gasteiger partial charge >= 0.3 is 0 Å². The van der Waals surface area contributed by atoms with Gasteiger partial charge in [-0.3, -0.25) is 4.90 Å². The van der Waals surface area contributed by atoms with Gasteiger partial charge in [-0.1, -0.05) is 31.6 Å². The number of allylic oxidation sites excluding steroid dienone is 1. The van der Waals surface area contributed by atoms with Crippen LogP contribution in [0.15, 0.2) is 29.8 Å². The Kier molecular flexibility index (Phi) is 2.78. The molecule has 112 valence electrons. The first-order valence-corrected chi connectivity index (χ1v) is 8.24. The van der Waals surface area contributed by atoms with Crippen molar-refractivity contribution < 1.29 is 5.11 Å². The molecule has 0 amide bonds. The van der Waals surface area contributed by atoms with Gasteiger partial charge in [0, 0.05) is 18.5 Å². The summed E-state index contributed by atoms with van der Waals surface area (Å²) < 4.78 is 0. The predicted molar refractivity (Wildman–Crippen MR) is 85.7 cm³/mol. The van der Waals surface area contributed by atoms with E-state index < -0.39 is 0 Å². The fourth-order valence-corrected chi connectivity index (χ4v) is 5.12. The summed E-state index contributed by atoms with van der Waals surface area (Å²) in [5.41, 5.74) is 4.62. The summed E-state index contributed by atoms with van der Waals surface area (Å²) in [6.45, 7) is 9.41. The summed E-state index contributed by atoms with van der Waals surface area (Å²) in [6.07, 6.45) is 4.79. The van der Waals surface area contributed by atoms with Gasteiger partial charge in [-0.2, -0.15) is 0 Å². The summed E-state index contributed by atoms with van der Waals surface area (Å²) in [5.74, 6) is 1.65.